The molecular weight excluding hydrogens is 313 g/mol. The Morgan fingerprint density at radius 3 is 2.62 bits per heavy atom. The fourth-order valence-electron chi connectivity index (χ4n) is 2.90. The fraction of sp³-hybridized carbons (Fsp3) is 0.556. The summed E-state index contributed by atoms with van der Waals surface area (Å²) in [7, 11) is 1.41. The van der Waals surface area contributed by atoms with Crippen molar-refractivity contribution in [3.8, 4) is 5.75 Å². The number of carbonyl (C=O) groups excluding carboxylic acids is 2. The maximum absolute atomic E-state index is 13.9. The summed E-state index contributed by atoms with van der Waals surface area (Å²) in [6.07, 6.45) is 3.29. The van der Waals surface area contributed by atoms with Crippen LogP contribution in [0.25, 0.3) is 0 Å². The summed E-state index contributed by atoms with van der Waals surface area (Å²) in [5.74, 6) is -1.25. The first-order valence-corrected chi connectivity index (χ1v) is 8.27. The second-order valence-corrected chi connectivity index (χ2v) is 6.27. The van der Waals surface area contributed by atoms with Crippen molar-refractivity contribution < 1.29 is 23.5 Å². The average molecular weight is 337 g/mol. The molecule has 6 heteroatoms. The molecule has 1 aliphatic carbocycles. The molecule has 5 nitrogen and oxygen atoms in total. The maximum Gasteiger partial charge on any atom is 0.341 e. The molecule has 132 valence electrons. The van der Waals surface area contributed by atoms with E-state index < -0.39 is 17.9 Å². The minimum atomic E-state index is -0.979. The van der Waals surface area contributed by atoms with Crippen molar-refractivity contribution >= 4 is 11.9 Å². The lowest BCUT2D eigenvalue weighted by atomic mass is 9.86. The molecule has 1 fully saturated rings. The molecule has 0 aromatic heterocycles. The van der Waals surface area contributed by atoms with E-state index in [0.717, 1.165) is 25.3 Å². The highest BCUT2D eigenvalue weighted by Gasteiger charge is 2.27. The third kappa shape index (κ3) is 4.46. The molecule has 0 saturated heterocycles. The summed E-state index contributed by atoms with van der Waals surface area (Å²) in [5, 5.41) is 2.93. The molecule has 1 N–H and O–H groups in total. The Morgan fingerprint density at radius 1 is 1.29 bits per heavy atom. The van der Waals surface area contributed by atoms with Crippen LogP contribution >= 0.6 is 0 Å². The van der Waals surface area contributed by atoms with E-state index in [2.05, 4.69) is 12.2 Å². The summed E-state index contributed by atoms with van der Waals surface area (Å²) in [4.78, 5) is 24.3. The van der Waals surface area contributed by atoms with Crippen LogP contribution in [0.15, 0.2) is 18.2 Å². The van der Waals surface area contributed by atoms with Crippen LogP contribution in [0.4, 0.5) is 4.39 Å². The topological polar surface area (TPSA) is 64.6 Å². The molecule has 0 radical (unpaired) electrons. The maximum atomic E-state index is 13.9. The van der Waals surface area contributed by atoms with Gasteiger partial charge in [-0.3, -0.25) is 4.79 Å². The number of nitrogens with one attached hydrogen (secondary N) is 1. The quantitative estimate of drug-likeness (QED) is 0.839. The van der Waals surface area contributed by atoms with E-state index in [4.69, 9.17) is 9.47 Å². The van der Waals surface area contributed by atoms with Gasteiger partial charge in [0.05, 0.1) is 12.7 Å². The molecular formula is C18H24FNO4. The number of rotatable bonds is 5. The van der Waals surface area contributed by atoms with Gasteiger partial charge in [-0.15, -0.1) is 0 Å². The summed E-state index contributed by atoms with van der Waals surface area (Å²) >= 11 is 0. The first-order chi connectivity index (χ1) is 11.4. The van der Waals surface area contributed by atoms with Gasteiger partial charge in [-0.25, -0.2) is 9.18 Å². The highest BCUT2D eigenvalue weighted by molar-refractivity contribution is 5.92. The van der Waals surface area contributed by atoms with Gasteiger partial charge in [-0.1, -0.05) is 19.8 Å². The zero-order chi connectivity index (χ0) is 17.7. The Morgan fingerprint density at radius 2 is 2.00 bits per heavy atom. The van der Waals surface area contributed by atoms with E-state index in [1.807, 2.05) is 0 Å². The number of ether oxygens (including phenoxy) is 2. The smallest absolute Gasteiger partial charge is 0.341 e. The first kappa shape index (κ1) is 18.2. The van der Waals surface area contributed by atoms with Crippen molar-refractivity contribution in [2.24, 2.45) is 5.92 Å². The van der Waals surface area contributed by atoms with Crippen LogP contribution in [0.1, 0.15) is 49.9 Å². The number of amides is 1. The predicted molar refractivity (Wildman–Crippen MR) is 87.4 cm³/mol. The van der Waals surface area contributed by atoms with E-state index >= 15 is 0 Å². The fourth-order valence-corrected chi connectivity index (χ4v) is 2.90. The van der Waals surface area contributed by atoms with Crippen LogP contribution in [0, 0.1) is 11.7 Å². The van der Waals surface area contributed by atoms with Gasteiger partial charge < -0.3 is 14.8 Å². The standard InChI is InChI=1S/C18H24FNO4/c1-11-6-4-5-7-16(11)20-17(21)12(2)24-18(22)14-9-8-13(23-3)10-15(14)19/h8-12,16H,4-7H2,1-3H3,(H,20,21)/t11-,12-,16+/m1/s1. The zero-order valence-corrected chi connectivity index (χ0v) is 14.3. The van der Waals surface area contributed by atoms with Crippen LogP contribution in [-0.4, -0.2) is 31.1 Å². The molecule has 2 rings (SSSR count). The highest BCUT2D eigenvalue weighted by atomic mass is 19.1. The van der Waals surface area contributed by atoms with Crippen molar-refractivity contribution in [2.45, 2.75) is 51.7 Å². The number of esters is 1. The molecule has 0 unspecified atom stereocenters. The number of halogens is 1. The third-order valence-electron chi connectivity index (χ3n) is 4.49. The predicted octanol–water partition coefficient (Wildman–Crippen LogP) is 3.07. The molecule has 3 atom stereocenters. The van der Waals surface area contributed by atoms with Crippen molar-refractivity contribution in [1.29, 1.82) is 0 Å². The lowest BCUT2D eigenvalue weighted by molar-refractivity contribution is -0.130. The molecule has 24 heavy (non-hydrogen) atoms. The molecule has 0 aliphatic heterocycles. The van der Waals surface area contributed by atoms with Gasteiger partial charge in [0, 0.05) is 12.1 Å². The highest BCUT2D eigenvalue weighted by Crippen LogP contribution is 2.24. The molecule has 1 aliphatic rings. The summed E-state index contributed by atoms with van der Waals surface area (Å²) < 4.78 is 23.9. The lowest BCUT2D eigenvalue weighted by Gasteiger charge is -2.30. The SMILES string of the molecule is COc1ccc(C(=O)O[C@H](C)C(=O)N[C@H]2CCCC[C@H]2C)c(F)c1. The number of carbonyl (C=O) groups is 2. The van der Waals surface area contributed by atoms with Crippen LogP contribution in [0.3, 0.4) is 0 Å². The van der Waals surface area contributed by atoms with Crippen molar-refractivity contribution in [2.75, 3.05) is 7.11 Å². The summed E-state index contributed by atoms with van der Waals surface area (Å²) in [5.41, 5.74) is -0.221. The molecule has 1 aromatic carbocycles. The van der Waals surface area contributed by atoms with Crippen LogP contribution < -0.4 is 10.1 Å². The minimum absolute atomic E-state index is 0.102. The Bertz CT molecular complexity index is 605. The number of hydrogen-bond donors (Lipinski definition) is 1. The van der Waals surface area contributed by atoms with Crippen molar-refractivity contribution in [3.63, 3.8) is 0 Å². The monoisotopic (exact) mass is 337 g/mol. The molecule has 0 spiro atoms. The lowest BCUT2D eigenvalue weighted by Crippen LogP contribution is -2.46. The van der Waals surface area contributed by atoms with Gasteiger partial charge in [-0.2, -0.15) is 0 Å². The molecule has 0 heterocycles. The summed E-state index contributed by atoms with van der Waals surface area (Å²) in [6.45, 7) is 3.59. The van der Waals surface area contributed by atoms with Crippen LogP contribution in [-0.2, 0) is 9.53 Å². The van der Waals surface area contributed by atoms with Gasteiger partial charge in [-0.05, 0) is 37.8 Å². The largest absolute Gasteiger partial charge is 0.497 e. The third-order valence-corrected chi connectivity index (χ3v) is 4.49. The van der Waals surface area contributed by atoms with E-state index in [0.29, 0.717) is 11.7 Å². The van der Waals surface area contributed by atoms with Gasteiger partial charge in [0.1, 0.15) is 11.6 Å². The minimum Gasteiger partial charge on any atom is -0.497 e. The van der Waals surface area contributed by atoms with E-state index in [-0.39, 0.29) is 17.5 Å². The Labute approximate surface area is 141 Å². The molecule has 0 bridgehead atoms. The van der Waals surface area contributed by atoms with Crippen LogP contribution in [0.5, 0.6) is 5.75 Å². The molecule has 1 amide bonds. The average Bonchev–Trinajstić information content (AvgIpc) is 2.56. The van der Waals surface area contributed by atoms with Gasteiger partial charge in [0.2, 0.25) is 0 Å². The summed E-state index contributed by atoms with van der Waals surface area (Å²) in [6, 6.07) is 3.95. The molecule has 1 aromatic rings. The number of benzene rings is 1. The van der Waals surface area contributed by atoms with E-state index in [1.54, 1.807) is 0 Å². The number of methoxy groups -OCH3 is 1. The van der Waals surface area contributed by atoms with Gasteiger partial charge in [0.15, 0.2) is 6.10 Å². The zero-order valence-electron chi connectivity index (χ0n) is 14.3. The van der Waals surface area contributed by atoms with Gasteiger partial charge >= 0.3 is 5.97 Å². The Balaban J connectivity index is 1.94. The van der Waals surface area contributed by atoms with Crippen molar-refractivity contribution in [3.05, 3.63) is 29.6 Å². The first-order valence-electron chi connectivity index (χ1n) is 8.27. The molecule has 1 saturated carbocycles. The van der Waals surface area contributed by atoms with Crippen molar-refractivity contribution in [1.82, 2.24) is 5.32 Å². The second-order valence-electron chi connectivity index (χ2n) is 6.27. The van der Waals surface area contributed by atoms with E-state index in [1.165, 1.54) is 32.6 Å². The normalized spacial score (nSPS) is 21.7. The Hall–Kier alpha value is -2.11. The number of hydrogen-bond acceptors (Lipinski definition) is 4. The van der Waals surface area contributed by atoms with E-state index in [9.17, 15) is 14.0 Å². The second kappa shape index (κ2) is 8.13. The van der Waals surface area contributed by atoms with Crippen LogP contribution in [0.2, 0.25) is 0 Å². The Kier molecular flexibility index (Phi) is 6.17. The van der Waals surface area contributed by atoms with Gasteiger partial charge in [0.25, 0.3) is 5.91 Å².